The van der Waals surface area contributed by atoms with Crippen molar-refractivity contribution in [3.05, 3.63) is 52.5 Å². The van der Waals surface area contributed by atoms with E-state index in [1.807, 2.05) is 42.5 Å². The highest BCUT2D eigenvalue weighted by atomic mass is 35.5. The molecule has 0 aliphatic carbocycles. The van der Waals surface area contributed by atoms with Crippen molar-refractivity contribution in [2.24, 2.45) is 0 Å². The third-order valence-corrected chi connectivity index (χ3v) is 5.03. The van der Waals surface area contributed by atoms with E-state index in [0.29, 0.717) is 15.9 Å². The van der Waals surface area contributed by atoms with E-state index in [9.17, 15) is 0 Å². The standard InChI is InChI=1S/C19H18Cl2N4/c1-24-8-10-25(11-9-24)19-16-12-15(21)6-7-17(16)22-18(23-19)13-2-4-14(20)5-3-13/h2-7,12H,8-11H2,1H3. The Morgan fingerprint density at radius 1 is 0.840 bits per heavy atom. The second-order valence-electron chi connectivity index (χ2n) is 6.33. The first kappa shape index (κ1) is 16.6. The van der Waals surface area contributed by atoms with Crippen molar-refractivity contribution in [1.29, 1.82) is 0 Å². The van der Waals surface area contributed by atoms with Crippen LogP contribution in [0.25, 0.3) is 22.3 Å². The van der Waals surface area contributed by atoms with Crippen molar-refractivity contribution in [3.63, 3.8) is 0 Å². The van der Waals surface area contributed by atoms with Gasteiger partial charge in [0.25, 0.3) is 0 Å². The van der Waals surface area contributed by atoms with Gasteiger partial charge in [-0.2, -0.15) is 0 Å². The Bertz CT molecular complexity index is 903. The zero-order valence-electron chi connectivity index (χ0n) is 13.9. The van der Waals surface area contributed by atoms with Gasteiger partial charge in [0.05, 0.1) is 5.52 Å². The van der Waals surface area contributed by atoms with Crippen molar-refractivity contribution in [2.75, 3.05) is 38.1 Å². The number of halogens is 2. The lowest BCUT2D eigenvalue weighted by molar-refractivity contribution is 0.312. The van der Waals surface area contributed by atoms with Crippen LogP contribution in [0.5, 0.6) is 0 Å². The van der Waals surface area contributed by atoms with Gasteiger partial charge >= 0.3 is 0 Å². The number of rotatable bonds is 2. The minimum Gasteiger partial charge on any atom is -0.353 e. The molecule has 1 saturated heterocycles. The lowest BCUT2D eigenvalue weighted by Gasteiger charge is -2.34. The first-order chi connectivity index (χ1) is 12.1. The third kappa shape index (κ3) is 3.43. The Morgan fingerprint density at radius 3 is 2.24 bits per heavy atom. The topological polar surface area (TPSA) is 32.3 Å². The van der Waals surface area contributed by atoms with Crippen LogP contribution >= 0.6 is 23.2 Å². The molecular formula is C19H18Cl2N4. The maximum absolute atomic E-state index is 6.23. The predicted octanol–water partition coefficient (Wildman–Crippen LogP) is 4.36. The van der Waals surface area contributed by atoms with Crippen LogP contribution in [-0.4, -0.2) is 48.1 Å². The van der Waals surface area contributed by atoms with Gasteiger partial charge in [0.1, 0.15) is 5.82 Å². The van der Waals surface area contributed by atoms with E-state index < -0.39 is 0 Å². The molecule has 128 valence electrons. The predicted molar refractivity (Wildman–Crippen MR) is 105 cm³/mol. The van der Waals surface area contributed by atoms with Crippen LogP contribution in [0.4, 0.5) is 5.82 Å². The molecule has 1 aliphatic rings. The molecule has 25 heavy (non-hydrogen) atoms. The van der Waals surface area contributed by atoms with E-state index in [2.05, 4.69) is 16.8 Å². The molecule has 4 rings (SSSR count). The third-order valence-electron chi connectivity index (χ3n) is 4.54. The van der Waals surface area contributed by atoms with Crippen LogP contribution in [-0.2, 0) is 0 Å². The van der Waals surface area contributed by atoms with Crippen molar-refractivity contribution < 1.29 is 0 Å². The van der Waals surface area contributed by atoms with Gasteiger partial charge in [-0.25, -0.2) is 9.97 Å². The van der Waals surface area contributed by atoms with Crippen LogP contribution in [0.3, 0.4) is 0 Å². The monoisotopic (exact) mass is 372 g/mol. The van der Waals surface area contributed by atoms with E-state index in [1.165, 1.54) is 0 Å². The van der Waals surface area contributed by atoms with E-state index in [0.717, 1.165) is 48.5 Å². The van der Waals surface area contributed by atoms with Crippen LogP contribution < -0.4 is 4.90 Å². The molecule has 4 nitrogen and oxygen atoms in total. The Hall–Kier alpha value is -1.88. The van der Waals surface area contributed by atoms with Gasteiger partial charge in [-0.05, 0) is 49.5 Å². The molecule has 6 heteroatoms. The summed E-state index contributed by atoms with van der Waals surface area (Å²) in [6, 6.07) is 13.4. The summed E-state index contributed by atoms with van der Waals surface area (Å²) in [6.45, 7) is 3.91. The van der Waals surface area contributed by atoms with Crippen molar-refractivity contribution >= 4 is 39.9 Å². The molecule has 3 aromatic rings. The van der Waals surface area contributed by atoms with Gasteiger partial charge < -0.3 is 9.80 Å². The Balaban J connectivity index is 1.86. The highest BCUT2D eigenvalue weighted by Crippen LogP contribution is 2.30. The zero-order valence-corrected chi connectivity index (χ0v) is 15.4. The van der Waals surface area contributed by atoms with Crippen LogP contribution in [0, 0.1) is 0 Å². The molecule has 0 bridgehead atoms. The largest absolute Gasteiger partial charge is 0.353 e. The molecule has 0 saturated carbocycles. The summed E-state index contributed by atoms with van der Waals surface area (Å²) >= 11 is 12.2. The van der Waals surface area contributed by atoms with Gasteiger partial charge in [-0.15, -0.1) is 0 Å². The van der Waals surface area contributed by atoms with Gasteiger partial charge in [0, 0.05) is 47.2 Å². The number of piperazine rings is 1. The number of hydrogen-bond donors (Lipinski definition) is 0. The smallest absolute Gasteiger partial charge is 0.162 e. The van der Waals surface area contributed by atoms with Gasteiger partial charge in [0.15, 0.2) is 5.82 Å². The van der Waals surface area contributed by atoms with E-state index in [1.54, 1.807) is 0 Å². The number of benzene rings is 2. The molecule has 2 aromatic carbocycles. The first-order valence-corrected chi connectivity index (χ1v) is 9.02. The Labute approximate surface area is 157 Å². The fraction of sp³-hybridized carbons (Fsp3) is 0.263. The molecule has 0 N–H and O–H groups in total. The second kappa shape index (κ2) is 6.79. The summed E-state index contributed by atoms with van der Waals surface area (Å²) in [5.41, 5.74) is 1.86. The maximum atomic E-state index is 6.23. The van der Waals surface area contributed by atoms with Crippen LogP contribution in [0.15, 0.2) is 42.5 Å². The number of aromatic nitrogens is 2. The molecule has 2 heterocycles. The maximum Gasteiger partial charge on any atom is 0.162 e. The molecular weight excluding hydrogens is 355 g/mol. The Morgan fingerprint density at radius 2 is 1.52 bits per heavy atom. The Kier molecular flexibility index (Phi) is 4.50. The minimum absolute atomic E-state index is 0.700. The summed E-state index contributed by atoms with van der Waals surface area (Å²) in [5, 5.41) is 2.40. The highest BCUT2D eigenvalue weighted by Gasteiger charge is 2.19. The average Bonchev–Trinajstić information content (AvgIpc) is 2.62. The van der Waals surface area contributed by atoms with E-state index in [-0.39, 0.29) is 0 Å². The van der Waals surface area contributed by atoms with Crippen molar-refractivity contribution in [3.8, 4) is 11.4 Å². The van der Waals surface area contributed by atoms with Crippen molar-refractivity contribution in [2.45, 2.75) is 0 Å². The lowest BCUT2D eigenvalue weighted by Crippen LogP contribution is -2.45. The van der Waals surface area contributed by atoms with Gasteiger partial charge in [0.2, 0.25) is 0 Å². The summed E-state index contributed by atoms with van der Waals surface area (Å²) in [4.78, 5) is 14.3. The highest BCUT2D eigenvalue weighted by molar-refractivity contribution is 6.31. The summed E-state index contributed by atoms with van der Waals surface area (Å²) in [5.74, 6) is 1.66. The number of fused-ring (bicyclic) bond motifs is 1. The molecule has 0 unspecified atom stereocenters. The molecule has 1 fully saturated rings. The molecule has 0 radical (unpaired) electrons. The van der Waals surface area contributed by atoms with E-state index in [4.69, 9.17) is 33.2 Å². The number of hydrogen-bond acceptors (Lipinski definition) is 4. The van der Waals surface area contributed by atoms with Gasteiger partial charge in [-0.1, -0.05) is 23.2 Å². The normalized spacial score (nSPS) is 15.7. The SMILES string of the molecule is CN1CCN(c2nc(-c3ccc(Cl)cc3)nc3ccc(Cl)cc23)CC1. The summed E-state index contributed by atoms with van der Waals surface area (Å²) in [7, 11) is 2.14. The molecule has 1 aliphatic heterocycles. The average molecular weight is 373 g/mol. The van der Waals surface area contributed by atoms with E-state index >= 15 is 0 Å². The molecule has 0 amide bonds. The molecule has 0 atom stereocenters. The number of likely N-dealkylation sites (N-methyl/N-ethyl adjacent to an activating group) is 1. The summed E-state index contributed by atoms with van der Waals surface area (Å²) < 4.78 is 0. The summed E-state index contributed by atoms with van der Waals surface area (Å²) in [6.07, 6.45) is 0. The quantitative estimate of drug-likeness (QED) is 0.668. The molecule has 0 spiro atoms. The minimum atomic E-state index is 0.700. The lowest BCUT2D eigenvalue weighted by atomic mass is 10.1. The molecule has 1 aromatic heterocycles. The zero-order chi connectivity index (χ0) is 17.4. The second-order valence-corrected chi connectivity index (χ2v) is 7.20. The van der Waals surface area contributed by atoms with Gasteiger partial charge in [-0.3, -0.25) is 0 Å². The first-order valence-electron chi connectivity index (χ1n) is 8.27. The number of nitrogens with zero attached hydrogens (tertiary/aromatic N) is 4. The van der Waals surface area contributed by atoms with Crippen LogP contribution in [0.2, 0.25) is 10.0 Å². The fourth-order valence-electron chi connectivity index (χ4n) is 3.07. The fourth-order valence-corrected chi connectivity index (χ4v) is 3.37. The van der Waals surface area contributed by atoms with Crippen molar-refractivity contribution in [1.82, 2.24) is 14.9 Å². The van der Waals surface area contributed by atoms with Crippen LogP contribution in [0.1, 0.15) is 0 Å². The number of anilines is 1.